The van der Waals surface area contributed by atoms with Gasteiger partial charge in [0.25, 0.3) is 5.71 Å². The van der Waals surface area contributed by atoms with E-state index in [4.69, 9.17) is 20.9 Å². The van der Waals surface area contributed by atoms with Crippen LogP contribution in [0.25, 0.3) is 11.1 Å². The maximum Gasteiger partial charge on any atom is 0.361 e. The zero-order chi connectivity index (χ0) is 23.4. The molecule has 0 bridgehead atoms. The van der Waals surface area contributed by atoms with Crippen molar-refractivity contribution in [2.45, 2.75) is 27.2 Å². The molecule has 0 unspecified atom stereocenters. The van der Waals surface area contributed by atoms with Gasteiger partial charge < -0.3 is 19.5 Å². The predicted octanol–water partition coefficient (Wildman–Crippen LogP) is 3.69. The van der Waals surface area contributed by atoms with Crippen LogP contribution in [0.15, 0.2) is 22.7 Å². The number of ether oxygens (including phenoxy) is 1. The van der Waals surface area contributed by atoms with Gasteiger partial charge in [-0.2, -0.15) is 4.98 Å². The Labute approximate surface area is 198 Å². The minimum absolute atomic E-state index is 0.0989. The molecular formula is C23H29ClN6O3. The lowest BCUT2D eigenvalue weighted by molar-refractivity contribution is 0.0517. The second kappa shape index (κ2) is 10.4. The fourth-order valence-corrected chi connectivity index (χ4v) is 4.24. The van der Waals surface area contributed by atoms with E-state index in [1.165, 1.54) is 11.3 Å². The largest absolute Gasteiger partial charge is 0.461 e. The van der Waals surface area contributed by atoms with Gasteiger partial charge in [-0.05, 0) is 51.4 Å². The van der Waals surface area contributed by atoms with E-state index in [0.717, 1.165) is 44.2 Å². The molecule has 1 fully saturated rings. The van der Waals surface area contributed by atoms with Crippen LogP contribution < -0.4 is 10.2 Å². The average Bonchev–Trinajstić information content (AvgIpc) is 3.23. The number of anilines is 2. The summed E-state index contributed by atoms with van der Waals surface area (Å²) in [6, 6.07) is 6.06. The molecule has 10 heteroatoms. The molecule has 2 aromatic heterocycles. The first-order chi connectivity index (χ1) is 16.0. The van der Waals surface area contributed by atoms with Gasteiger partial charge in [-0.25, -0.2) is 9.78 Å². The van der Waals surface area contributed by atoms with Crippen molar-refractivity contribution in [2.75, 3.05) is 56.1 Å². The summed E-state index contributed by atoms with van der Waals surface area (Å²) in [5.74, 6) is 0.548. The fraction of sp³-hybridized carbons (Fsp3) is 0.478. The molecule has 0 radical (unpaired) electrons. The number of benzene rings is 1. The molecule has 0 saturated carbocycles. The lowest BCUT2D eigenvalue weighted by Gasteiger charge is -2.37. The smallest absolute Gasteiger partial charge is 0.361 e. The molecule has 176 valence electrons. The first kappa shape index (κ1) is 23.3. The number of halogens is 1. The van der Waals surface area contributed by atoms with Crippen LogP contribution in [0.4, 0.5) is 11.5 Å². The quantitative estimate of drug-likeness (QED) is 0.388. The summed E-state index contributed by atoms with van der Waals surface area (Å²) >= 11 is 6.19. The third-order valence-electron chi connectivity index (χ3n) is 5.74. The van der Waals surface area contributed by atoms with E-state index in [9.17, 15) is 4.79 Å². The van der Waals surface area contributed by atoms with E-state index in [1.54, 1.807) is 13.8 Å². The van der Waals surface area contributed by atoms with Crippen LogP contribution in [-0.2, 0) is 4.74 Å². The second-order valence-electron chi connectivity index (χ2n) is 8.09. The van der Waals surface area contributed by atoms with Gasteiger partial charge in [0, 0.05) is 43.4 Å². The number of nitrogens with zero attached hydrogens (tertiary/aromatic N) is 5. The Morgan fingerprint density at radius 2 is 2.00 bits per heavy atom. The van der Waals surface area contributed by atoms with Crippen molar-refractivity contribution in [3.05, 3.63) is 40.3 Å². The molecular weight excluding hydrogens is 444 g/mol. The van der Waals surface area contributed by atoms with Gasteiger partial charge in [0.05, 0.1) is 6.61 Å². The SMILES string of the molecule is CCOC(=O)c1noc2nc(C)nc(NCCCN3CCN(c4cc(Cl)ccc4C)CC3)c12. The minimum atomic E-state index is -0.542. The summed E-state index contributed by atoms with van der Waals surface area (Å²) < 4.78 is 10.3. The van der Waals surface area contributed by atoms with E-state index >= 15 is 0 Å². The summed E-state index contributed by atoms with van der Waals surface area (Å²) in [5, 5.41) is 8.41. The van der Waals surface area contributed by atoms with Gasteiger partial charge in [0.2, 0.25) is 5.69 Å². The van der Waals surface area contributed by atoms with Crippen LogP contribution >= 0.6 is 11.6 Å². The van der Waals surface area contributed by atoms with Crippen LogP contribution in [0.2, 0.25) is 5.02 Å². The highest BCUT2D eigenvalue weighted by molar-refractivity contribution is 6.30. The summed E-state index contributed by atoms with van der Waals surface area (Å²) in [5.41, 5.74) is 2.85. The topological polar surface area (TPSA) is 96.6 Å². The first-order valence-corrected chi connectivity index (χ1v) is 11.6. The summed E-state index contributed by atoms with van der Waals surface area (Å²) in [4.78, 5) is 25.8. The van der Waals surface area contributed by atoms with Crippen molar-refractivity contribution in [3.63, 3.8) is 0 Å². The van der Waals surface area contributed by atoms with Crippen molar-refractivity contribution in [1.82, 2.24) is 20.0 Å². The number of hydrogen-bond donors (Lipinski definition) is 1. The van der Waals surface area contributed by atoms with Crippen molar-refractivity contribution >= 4 is 40.2 Å². The molecule has 1 N–H and O–H groups in total. The molecule has 1 aliphatic heterocycles. The molecule has 9 nitrogen and oxygen atoms in total. The molecule has 0 aliphatic carbocycles. The number of fused-ring (bicyclic) bond motifs is 1. The summed E-state index contributed by atoms with van der Waals surface area (Å²) in [6.45, 7) is 11.5. The van der Waals surface area contributed by atoms with Crippen LogP contribution in [0.3, 0.4) is 0 Å². The first-order valence-electron chi connectivity index (χ1n) is 11.2. The Morgan fingerprint density at radius 3 is 2.76 bits per heavy atom. The Morgan fingerprint density at radius 1 is 1.21 bits per heavy atom. The number of hydrogen-bond acceptors (Lipinski definition) is 9. The van der Waals surface area contributed by atoms with Gasteiger partial charge in [-0.15, -0.1) is 0 Å². The molecule has 4 rings (SSSR count). The Bertz CT molecular complexity index is 1130. The molecule has 0 spiro atoms. The van der Waals surface area contributed by atoms with Crippen LogP contribution in [0.5, 0.6) is 0 Å². The van der Waals surface area contributed by atoms with Gasteiger partial charge >= 0.3 is 5.97 Å². The van der Waals surface area contributed by atoms with Crippen molar-refractivity contribution in [3.8, 4) is 0 Å². The monoisotopic (exact) mass is 472 g/mol. The molecule has 3 heterocycles. The summed E-state index contributed by atoms with van der Waals surface area (Å²) in [6.07, 6.45) is 0.931. The Balaban J connectivity index is 1.31. The van der Waals surface area contributed by atoms with Gasteiger partial charge in [-0.3, -0.25) is 4.90 Å². The van der Waals surface area contributed by atoms with Crippen molar-refractivity contribution < 1.29 is 14.1 Å². The second-order valence-corrected chi connectivity index (χ2v) is 8.53. The lowest BCUT2D eigenvalue weighted by Crippen LogP contribution is -2.47. The predicted molar refractivity (Wildman–Crippen MR) is 128 cm³/mol. The number of aryl methyl sites for hydroxylation is 2. The van der Waals surface area contributed by atoms with Crippen LogP contribution in [0, 0.1) is 13.8 Å². The van der Waals surface area contributed by atoms with Gasteiger partial charge in [0.15, 0.2) is 0 Å². The molecule has 1 saturated heterocycles. The third-order valence-corrected chi connectivity index (χ3v) is 5.98. The fourth-order valence-electron chi connectivity index (χ4n) is 4.07. The maximum absolute atomic E-state index is 12.2. The van der Waals surface area contributed by atoms with E-state index in [-0.39, 0.29) is 18.0 Å². The number of nitrogens with one attached hydrogen (secondary N) is 1. The zero-order valence-corrected chi connectivity index (χ0v) is 20.0. The van der Waals surface area contributed by atoms with Crippen molar-refractivity contribution in [1.29, 1.82) is 0 Å². The number of carbonyl (C=O) groups is 1. The number of piperazine rings is 1. The molecule has 3 aromatic rings. The lowest BCUT2D eigenvalue weighted by atomic mass is 10.1. The standard InChI is InChI=1S/C23H29ClN6O3/c1-4-32-23(31)20-19-21(26-16(3)27-22(19)33-28-20)25-8-5-9-29-10-12-30(13-11-29)18-14-17(24)7-6-15(18)2/h6-7,14H,4-5,8-13H2,1-3H3,(H,25,26,27). The van der Waals surface area contributed by atoms with E-state index in [2.05, 4.69) is 49.3 Å². The minimum Gasteiger partial charge on any atom is -0.461 e. The number of esters is 1. The summed E-state index contributed by atoms with van der Waals surface area (Å²) in [7, 11) is 0. The van der Waals surface area contributed by atoms with Crippen molar-refractivity contribution in [2.24, 2.45) is 0 Å². The maximum atomic E-state index is 12.2. The normalized spacial score (nSPS) is 14.6. The van der Waals surface area contributed by atoms with Gasteiger partial charge in [-0.1, -0.05) is 22.8 Å². The highest BCUT2D eigenvalue weighted by Crippen LogP contribution is 2.26. The molecule has 0 amide bonds. The number of rotatable bonds is 8. The zero-order valence-electron chi connectivity index (χ0n) is 19.2. The van der Waals surface area contributed by atoms with E-state index in [0.29, 0.717) is 23.6 Å². The Kier molecular flexibility index (Phi) is 7.29. The highest BCUT2D eigenvalue weighted by Gasteiger charge is 2.23. The molecule has 1 aliphatic rings. The van der Waals surface area contributed by atoms with Gasteiger partial charge in [0.1, 0.15) is 17.0 Å². The molecule has 0 atom stereocenters. The Hall–Kier alpha value is -2.91. The highest BCUT2D eigenvalue weighted by atomic mass is 35.5. The molecule has 33 heavy (non-hydrogen) atoms. The number of aromatic nitrogens is 3. The third kappa shape index (κ3) is 5.36. The number of carbonyl (C=O) groups excluding carboxylic acids is 1. The van der Waals surface area contributed by atoms with E-state index in [1.807, 2.05) is 6.07 Å². The average molecular weight is 473 g/mol. The van der Waals surface area contributed by atoms with Crippen LogP contribution in [-0.4, -0.2) is 71.9 Å². The molecule has 1 aromatic carbocycles. The van der Waals surface area contributed by atoms with E-state index < -0.39 is 5.97 Å². The van der Waals surface area contributed by atoms with Crippen LogP contribution in [0.1, 0.15) is 35.2 Å².